The van der Waals surface area contributed by atoms with Crippen LogP contribution in [0.2, 0.25) is 10.0 Å². The molecule has 0 aliphatic heterocycles. The van der Waals surface area contributed by atoms with Crippen molar-refractivity contribution in [1.82, 2.24) is 10.2 Å². The van der Waals surface area contributed by atoms with Gasteiger partial charge in [-0.25, -0.2) is 8.42 Å². The minimum atomic E-state index is -4.13. The monoisotopic (exact) mass is 603 g/mol. The van der Waals surface area contributed by atoms with Gasteiger partial charge in [0.1, 0.15) is 12.6 Å². The van der Waals surface area contributed by atoms with Crippen molar-refractivity contribution in [3.8, 4) is 0 Å². The van der Waals surface area contributed by atoms with Crippen molar-refractivity contribution in [2.75, 3.05) is 10.8 Å². The Morgan fingerprint density at radius 2 is 1.60 bits per heavy atom. The van der Waals surface area contributed by atoms with Crippen LogP contribution >= 0.6 is 23.2 Å². The fraction of sp³-hybridized carbons (Fsp3) is 0.333. The fourth-order valence-corrected chi connectivity index (χ4v) is 5.91. The topological polar surface area (TPSA) is 86.8 Å². The molecular weight excluding hydrogens is 569 g/mol. The second-order valence-corrected chi connectivity index (χ2v) is 12.6. The van der Waals surface area contributed by atoms with Gasteiger partial charge in [0.25, 0.3) is 10.0 Å². The molecule has 0 saturated carbocycles. The van der Waals surface area contributed by atoms with E-state index in [4.69, 9.17) is 23.2 Å². The van der Waals surface area contributed by atoms with Crippen LogP contribution in [0, 0.1) is 13.8 Å². The van der Waals surface area contributed by atoms with Gasteiger partial charge in [0.15, 0.2) is 0 Å². The highest BCUT2D eigenvalue weighted by atomic mass is 35.5. The van der Waals surface area contributed by atoms with Crippen molar-refractivity contribution in [3.63, 3.8) is 0 Å². The SMILES string of the molecule is CC[C@H](C)NC(=O)[C@H](C)N(Cc1ccc(Cl)cc1Cl)C(=O)CN(c1ccc(C)c(C)c1)S(=O)(=O)c1ccccc1. The lowest BCUT2D eigenvalue weighted by molar-refractivity contribution is -0.139. The first-order valence-electron chi connectivity index (χ1n) is 13.0. The van der Waals surface area contributed by atoms with Gasteiger partial charge in [-0.1, -0.05) is 60.5 Å². The van der Waals surface area contributed by atoms with Crippen LogP contribution in [0.3, 0.4) is 0 Å². The van der Waals surface area contributed by atoms with Gasteiger partial charge in [0.2, 0.25) is 11.8 Å². The van der Waals surface area contributed by atoms with E-state index in [9.17, 15) is 18.0 Å². The maximum absolute atomic E-state index is 14.0. The summed E-state index contributed by atoms with van der Waals surface area (Å²) in [5.41, 5.74) is 2.79. The Labute approximate surface area is 247 Å². The van der Waals surface area contributed by atoms with E-state index in [2.05, 4.69) is 5.32 Å². The third-order valence-electron chi connectivity index (χ3n) is 6.91. The van der Waals surface area contributed by atoms with E-state index in [1.54, 1.807) is 55.5 Å². The van der Waals surface area contributed by atoms with Crippen LogP contribution in [0.15, 0.2) is 71.6 Å². The van der Waals surface area contributed by atoms with Crippen LogP contribution in [0.25, 0.3) is 0 Å². The maximum atomic E-state index is 14.0. The van der Waals surface area contributed by atoms with Gasteiger partial charge in [-0.3, -0.25) is 13.9 Å². The molecule has 0 radical (unpaired) electrons. The zero-order valence-electron chi connectivity index (χ0n) is 23.3. The first-order chi connectivity index (χ1) is 18.8. The van der Waals surface area contributed by atoms with Gasteiger partial charge < -0.3 is 10.2 Å². The summed E-state index contributed by atoms with van der Waals surface area (Å²) in [5.74, 6) is -0.910. The van der Waals surface area contributed by atoms with Gasteiger partial charge in [-0.15, -0.1) is 0 Å². The van der Waals surface area contributed by atoms with E-state index in [-0.39, 0.29) is 23.4 Å². The van der Waals surface area contributed by atoms with E-state index in [1.807, 2.05) is 33.8 Å². The molecule has 0 aliphatic rings. The van der Waals surface area contributed by atoms with Gasteiger partial charge in [0.05, 0.1) is 10.6 Å². The minimum Gasteiger partial charge on any atom is -0.352 e. The molecule has 3 aromatic carbocycles. The highest BCUT2D eigenvalue weighted by molar-refractivity contribution is 7.92. The molecule has 2 atom stereocenters. The Hall–Kier alpha value is -3.07. The first-order valence-corrected chi connectivity index (χ1v) is 15.2. The van der Waals surface area contributed by atoms with Crippen molar-refractivity contribution in [3.05, 3.63) is 93.5 Å². The summed E-state index contributed by atoms with van der Waals surface area (Å²) < 4.78 is 28.8. The average Bonchev–Trinajstić information content (AvgIpc) is 2.92. The highest BCUT2D eigenvalue weighted by Crippen LogP contribution is 2.27. The van der Waals surface area contributed by atoms with Gasteiger partial charge in [-0.2, -0.15) is 0 Å². The molecule has 3 rings (SSSR count). The molecule has 0 fully saturated rings. The van der Waals surface area contributed by atoms with Crippen molar-refractivity contribution >= 4 is 50.7 Å². The lowest BCUT2D eigenvalue weighted by Crippen LogP contribution is -2.52. The van der Waals surface area contributed by atoms with Crippen LogP contribution < -0.4 is 9.62 Å². The fourth-order valence-electron chi connectivity index (χ4n) is 4.01. The van der Waals surface area contributed by atoms with Gasteiger partial charge in [-0.05, 0) is 87.2 Å². The molecule has 0 saturated heterocycles. The summed E-state index contributed by atoms with van der Waals surface area (Å²) in [6.45, 7) is 8.70. The number of nitrogens with zero attached hydrogens (tertiary/aromatic N) is 2. The number of halogens is 2. The number of sulfonamides is 1. The second-order valence-electron chi connectivity index (χ2n) is 9.84. The summed E-state index contributed by atoms with van der Waals surface area (Å²) in [5, 5.41) is 3.68. The Kier molecular flexibility index (Phi) is 10.6. The summed E-state index contributed by atoms with van der Waals surface area (Å²) in [6, 6.07) is 17.1. The van der Waals surface area contributed by atoms with Crippen LogP contribution in [0.5, 0.6) is 0 Å². The van der Waals surface area contributed by atoms with Crippen LogP contribution in [0.1, 0.15) is 43.9 Å². The lowest BCUT2D eigenvalue weighted by atomic mass is 10.1. The molecule has 0 aromatic heterocycles. The van der Waals surface area contributed by atoms with E-state index in [0.29, 0.717) is 27.7 Å². The van der Waals surface area contributed by atoms with Crippen LogP contribution in [0.4, 0.5) is 5.69 Å². The molecular formula is C30H35Cl2N3O4S. The zero-order valence-corrected chi connectivity index (χ0v) is 25.6. The van der Waals surface area contributed by atoms with Crippen molar-refractivity contribution in [2.45, 2.75) is 64.6 Å². The number of aryl methyl sites for hydroxylation is 2. The van der Waals surface area contributed by atoms with Crippen molar-refractivity contribution in [2.24, 2.45) is 0 Å². The number of rotatable bonds is 11. The maximum Gasteiger partial charge on any atom is 0.264 e. The van der Waals surface area contributed by atoms with E-state index >= 15 is 0 Å². The summed E-state index contributed by atoms with van der Waals surface area (Å²) in [4.78, 5) is 28.6. The zero-order chi connectivity index (χ0) is 29.6. The molecule has 0 spiro atoms. The summed E-state index contributed by atoms with van der Waals surface area (Å²) >= 11 is 12.5. The molecule has 0 aliphatic carbocycles. The number of benzene rings is 3. The Morgan fingerprint density at radius 1 is 0.925 bits per heavy atom. The molecule has 0 bridgehead atoms. The van der Waals surface area contributed by atoms with E-state index in [1.165, 1.54) is 17.0 Å². The summed E-state index contributed by atoms with van der Waals surface area (Å²) in [7, 11) is -4.13. The normalized spacial score (nSPS) is 12.9. The predicted molar refractivity (Wildman–Crippen MR) is 161 cm³/mol. The van der Waals surface area contributed by atoms with Crippen LogP contribution in [-0.2, 0) is 26.2 Å². The number of hydrogen-bond acceptors (Lipinski definition) is 4. The third-order valence-corrected chi connectivity index (χ3v) is 9.29. The predicted octanol–water partition coefficient (Wildman–Crippen LogP) is 6.14. The highest BCUT2D eigenvalue weighted by Gasteiger charge is 2.33. The molecule has 40 heavy (non-hydrogen) atoms. The van der Waals surface area contributed by atoms with Gasteiger partial charge in [0, 0.05) is 22.6 Å². The molecule has 0 heterocycles. The van der Waals surface area contributed by atoms with E-state index in [0.717, 1.165) is 15.4 Å². The number of carbonyl (C=O) groups is 2. The van der Waals surface area contributed by atoms with E-state index < -0.39 is 28.5 Å². The Balaban J connectivity index is 2.06. The standard InChI is InChI=1S/C30H35Cl2N3O4S/c1-6-22(4)33-30(37)23(5)34(18-24-13-14-25(31)17-28(24)32)29(36)19-35(26-15-12-20(2)21(3)16-26)40(38,39)27-10-8-7-9-11-27/h7-17,22-23H,6,18-19H2,1-5H3,(H,33,37)/t22-,23-/m0/s1. The molecule has 2 amide bonds. The summed E-state index contributed by atoms with van der Waals surface area (Å²) in [6.07, 6.45) is 0.714. The molecule has 0 unspecified atom stereocenters. The molecule has 214 valence electrons. The minimum absolute atomic E-state index is 0.0178. The number of amides is 2. The van der Waals surface area contributed by atoms with Crippen molar-refractivity contribution < 1.29 is 18.0 Å². The van der Waals surface area contributed by atoms with Crippen molar-refractivity contribution in [1.29, 1.82) is 0 Å². The molecule has 7 nitrogen and oxygen atoms in total. The number of anilines is 1. The first kappa shape index (κ1) is 31.5. The molecule has 1 N–H and O–H groups in total. The number of nitrogens with one attached hydrogen (secondary N) is 1. The molecule has 10 heteroatoms. The lowest BCUT2D eigenvalue weighted by Gasteiger charge is -2.32. The van der Waals surface area contributed by atoms with Crippen LogP contribution in [-0.4, -0.2) is 43.8 Å². The largest absolute Gasteiger partial charge is 0.352 e. The molecule has 3 aromatic rings. The number of carbonyl (C=O) groups excluding carboxylic acids is 2. The van der Waals surface area contributed by atoms with Gasteiger partial charge >= 0.3 is 0 Å². The Bertz CT molecular complexity index is 1470. The number of hydrogen-bond donors (Lipinski definition) is 1. The third kappa shape index (κ3) is 7.56. The average molecular weight is 605 g/mol. The quantitative estimate of drug-likeness (QED) is 0.285. The second kappa shape index (κ2) is 13.5. The Morgan fingerprint density at radius 3 is 2.20 bits per heavy atom. The smallest absolute Gasteiger partial charge is 0.264 e.